The molecule has 3 rings (SSSR count). The van der Waals surface area contributed by atoms with Crippen LogP contribution in [-0.4, -0.2) is 11.9 Å². The van der Waals surface area contributed by atoms with E-state index in [1.54, 1.807) is 0 Å². The first-order valence-electron chi connectivity index (χ1n) is 6.34. The monoisotopic (exact) mass is 315 g/mol. The van der Waals surface area contributed by atoms with Crippen molar-refractivity contribution in [3.8, 4) is 0 Å². The lowest BCUT2D eigenvalue weighted by Gasteiger charge is -2.23. The molecule has 0 aliphatic carbocycles. The molecule has 1 atom stereocenters. The number of amides is 1. The van der Waals surface area contributed by atoms with Gasteiger partial charge in [0.2, 0.25) is 0 Å². The van der Waals surface area contributed by atoms with Crippen LogP contribution in [0.4, 0.5) is 5.69 Å². The minimum Gasteiger partial charge on any atom is -0.305 e. The van der Waals surface area contributed by atoms with Gasteiger partial charge in [-0.3, -0.25) is 4.79 Å². The van der Waals surface area contributed by atoms with Crippen LogP contribution >= 0.6 is 15.9 Å². The molecule has 0 saturated heterocycles. The Morgan fingerprint density at radius 1 is 1.16 bits per heavy atom. The summed E-state index contributed by atoms with van der Waals surface area (Å²) in [6.45, 7) is 2.09. The predicted octanol–water partition coefficient (Wildman–Crippen LogP) is 4.04. The second kappa shape index (κ2) is 4.82. The molecule has 3 heteroatoms. The number of halogens is 1. The number of benzene rings is 2. The normalized spacial score (nSPS) is 17.4. The van der Waals surface area contributed by atoms with Crippen molar-refractivity contribution in [2.45, 2.75) is 19.4 Å². The quantitative estimate of drug-likeness (QED) is 0.777. The highest BCUT2D eigenvalue weighted by Crippen LogP contribution is 2.33. The van der Waals surface area contributed by atoms with E-state index in [-0.39, 0.29) is 11.9 Å². The van der Waals surface area contributed by atoms with Crippen LogP contribution in [0.25, 0.3) is 0 Å². The van der Waals surface area contributed by atoms with Crippen LogP contribution in [0.2, 0.25) is 0 Å². The Bertz CT molecular complexity index is 638. The SMILES string of the molecule is C[C@H]1Cc2ccccc2N1C(=O)c1ccccc1Br. The average Bonchev–Trinajstić information content (AvgIpc) is 2.74. The zero-order chi connectivity index (χ0) is 13.4. The van der Waals surface area contributed by atoms with Gasteiger partial charge in [0.25, 0.3) is 5.91 Å². The molecule has 0 aromatic heterocycles. The first kappa shape index (κ1) is 12.4. The topological polar surface area (TPSA) is 20.3 Å². The van der Waals surface area contributed by atoms with Crippen molar-refractivity contribution in [1.82, 2.24) is 0 Å². The molecule has 1 heterocycles. The Kier molecular flexibility index (Phi) is 3.15. The Morgan fingerprint density at radius 2 is 1.84 bits per heavy atom. The van der Waals surface area contributed by atoms with Crippen LogP contribution in [0.15, 0.2) is 53.0 Å². The van der Waals surface area contributed by atoms with Crippen molar-refractivity contribution in [1.29, 1.82) is 0 Å². The number of carbonyl (C=O) groups is 1. The molecule has 1 amide bonds. The van der Waals surface area contributed by atoms with Crippen molar-refractivity contribution >= 4 is 27.5 Å². The maximum Gasteiger partial charge on any atom is 0.259 e. The van der Waals surface area contributed by atoms with Crippen LogP contribution in [0.1, 0.15) is 22.8 Å². The van der Waals surface area contributed by atoms with Gasteiger partial charge in [-0.05, 0) is 53.0 Å². The summed E-state index contributed by atoms with van der Waals surface area (Å²) in [5, 5.41) is 0. The summed E-state index contributed by atoms with van der Waals surface area (Å²) in [5.41, 5.74) is 3.00. The number of anilines is 1. The molecule has 0 spiro atoms. The van der Waals surface area contributed by atoms with Gasteiger partial charge in [0, 0.05) is 16.2 Å². The Hall–Kier alpha value is -1.61. The molecule has 2 nitrogen and oxygen atoms in total. The fourth-order valence-corrected chi connectivity index (χ4v) is 3.09. The molecule has 96 valence electrons. The molecular formula is C16H14BrNO. The van der Waals surface area contributed by atoms with E-state index in [9.17, 15) is 4.79 Å². The van der Waals surface area contributed by atoms with Gasteiger partial charge in [-0.2, -0.15) is 0 Å². The third kappa shape index (κ3) is 2.08. The van der Waals surface area contributed by atoms with E-state index in [0.717, 1.165) is 16.6 Å². The minimum atomic E-state index is 0.0601. The molecule has 0 bridgehead atoms. The van der Waals surface area contributed by atoms with Gasteiger partial charge in [0.15, 0.2) is 0 Å². The van der Waals surface area contributed by atoms with Crippen molar-refractivity contribution in [2.75, 3.05) is 4.90 Å². The number of rotatable bonds is 1. The van der Waals surface area contributed by atoms with E-state index in [0.29, 0.717) is 5.56 Å². The number of para-hydroxylation sites is 1. The van der Waals surface area contributed by atoms with E-state index in [2.05, 4.69) is 28.9 Å². The van der Waals surface area contributed by atoms with Crippen molar-refractivity contribution in [2.24, 2.45) is 0 Å². The molecule has 1 aliphatic rings. The second-order valence-electron chi connectivity index (χ2n) is 4.84. The van der Waals surface area contributed by atoms with Crippen LogP contribution in [-0.2, 0) is 6.42 Å². The number of nitrogens with zero attached hydrogens (tertiary/aromatic N) is 1. The average molecular weight is 316 g/mol. The van der Waals surface area contributed by atoms with E-state index in [4.69, 9.17) is 0 Å². The van der Waals surface area contributed by atoms with Crippen LogP contribution in [0.5, 0.6) is 0 Å². The van der Waals surface area contributed by atoms with Gasteiger partial charge in [0.05, 0.1) is 5.56 Å². The lowest BCUT2D eigenvalue weighted by molar-refractivity contribution is 0.0980. The van der Waals surface area contributed by atoms with E-state index < -0.39 is 0 Å². The largest absolute Gasteiger partial charge is 0.305 e. The predicted molar refractivity (Wildman–Crippen MR) is 80.6 cm³/mol. The van der Waals surface area contributed by atoms with Gasteiger partial charge in [0.1, 0.15) is 0 Å². The van der Waals surface area contributed by atoms with Crippen molar-refractivity contribution in [3.63, 3.8) is 0 Å². The number of hydrogen-bond acceptors (Lipinski definition) is 1. The fraction of sp³-hybridized carbons (Fsp3) is 0.188. The summed E-state index contributed by atoms with van der Waals surface area (Å²) in [6, 6.07) is 15.9. The van der Waals surface area contributed by atoms with E-state index in [1.807, 2.05) is 47.4 Å². The van der Waals surface area contributed by atoms with E-state index in [1.165, 1.54) is 5.56 Å². The molecule has 0 saturated carbocycles. The standard InChI is InChI=1S/C16H14BrNO/c1-11-10-12-6-2-5-9-15(12)18(11)16(19)13-7-3-4-8-14(13)17/h2-9,11H,10H2,1H3/t11-/m0/s1. The van der Waals surface area contributed by atoms with Gasteiger partial charge in [-0.1, -0.05) is 30.3 Å². The highest BCUT2D eigenvalue weighted by atomic mass is 79.9. The van der Waals surface area contributed by atoms with Gasteiger partial charge < -0.3 is 4.90 Å². The third-order valence-corrected chi connectivity index (χ3v) is 4.22. The molecule has 19 heavy (non-hydrogen) atoms. The smallest absolute Gasteiger partial charge is 0.259 e. The summed E-state index contributed by atoms with van der Waals surface area (Å²) in [6.07, 6.45) is 0.923. The zero-order valence-electron chi connectivity index (χ0n) is 10.6. The molecule has 0 radical (unpaired) electrons. The maximum atomic E-state index is 12.7. The van der Waals surface area contributed by atoms with Gasteiger partial charge >= 0.3 is 0 Å². The van der Waals surface area contributed by atoms with Crippen molar-refractivity contribution < 1.29 is 4.79 Å². The third-order valence-electron chi connectivity index (χ3n) is 3.53. The minimum absolute atomic E-state index is 0.0601. The number of hydrogen-bond donors (Lipinski definition) is 0. The molecule has 2 aromatic rings. The van der Waals surface area contributed by atoms with Gasteiger partial charge in [-0.15, -0.1) is 0 Å². The molecule has 0 fully saturated rings. The second-order valence-corrected chi connectivity index (χ2v) is 5.69. The summed E-state index contributed by atoms with van der Waals surface area (Å²) in [4.78, 5) is 14.6. The van der Waals surface area contributed by atoms with Crippen molar-refractivity contribution in [3.05, 3.63) is 64.1 Å². The number of carbonyl (C=O) groups excluding carboxylic acids is 1. The first-order chi connectivity index (χ1) is 9.18. The summed E-state index contributed by atoms with van der Waals surface area (Å²) < 4.78 is 0.844. The summed E-state index contributed by atoms with van der Waals surface area (Å²) >= 11 is 3.46. The first-order valence-corrected chi connectivity index (χ1v) is 7.14. The highest BCUT2D eigenvalue weighted by molar-refractivity contribution is 9.10. The lowest BCUT2D eigenvalue weighted by Crippen LogP contribution is -2.35. The van der Waals surface area contributed by atoms with Gasteiger partial charge in [-0.25, -0.2) is 0 Å². The molecule has 0 unspecified atom stereocenters. The van der Waals surface area contributed by atoms with Crippen LogP contribution in [0, 0.1) is 0 Å². The maximum absolute atomic E-state index is 12.7. The molecule has 0 N–H and O–H groups in total. The summed E-state index contributed by atoms with van der Waals surface area (Å²) in [5.74, 6) is 0.0601. The summed E-state index contributed by atoms with van der Waals surface area (Å²) in [7, 11) is 0. The molecular weight excluding hydrogens is 302 g/mol. The zero-order valence-corrected chi connectivity index (χ0v) is 12.2. The Balaban J connectivity index is 2.03. The van der Waals surface area contributed by atoms with Crippen LogP contribution in [0.3, 0.4) is 0 Å². The Morgan fingerprint density at radius 3 is 2.63 bits per heavy atom. The van der Waals surface area contributed by atoms with E-state index >= 15 is 0 Å². The van der Waals surface area contributed by atoms with Crippen LogP contribution < -0.4 is 4.90 Å². The Labute approximate surface area is 121 Å². The lowest BCUT2D eigenvalue weighted by atomic mass is 10.1. The number of fused-ring (bicyclic) bond motifs is 1. The fourth-order valence-electron chi connectivity index (χ4n) is 2.64. The molecule has 2 aromatic carbocycles. The highest BCUT2D eigenvalue weighted by Gasteiger charge is 2.31. The molecule has 1 aliphatic heterocycles.